The molecule has 0 aliphatic carbocycles. The predicted molar refractivity (Wildman–Crippen MR) is 164 cm³/mol. The van der Waals surface area contributed by atoms with Crippen LogP contribution >= 0.6 is 0 Å². The zero-order chi connectivity index (χ0) is 29.6. The maximum Gasteiger partial charge on any atom is 0.319 e. The van der Waals surface area contributed by atoms with Crippen LogP contribution in [0, 0.1) is 0 Å². The summed E-state index contributed by atoms with van der Waals surface area (Å²) in [4.78, 5) is 47.1. The number of likely N-dealkylation sites (N-methyl/N-ethyl adjacent to an activating group) is 1. The zero-order valence-electron chi connectivity index (χ0n) is 23.7. The Morgan fingerprint density at radius 3 is 2.29 bits per heavy atom. The van der Waals surface area contributed by atoms with Crippen LogP contribution in [-0.2, 0) is 4.79 Å². The van der Waals surface area contributed by atoms with E-state index in [0.29, 0.717) is 36.7 Å². The molecule has 0 unspecified atom stereocenters. The Balaban J connectivity index is 1.35. The number of benzene rings is 3. The van der Waals surface area contributed by atoms with Crippen LogP contribution in [0.1, 0.15) is 33.6 Å². The molecule has 2 heterocycles. The summed E-state index contributed by atoms with van der Waals surface area (Å²) >= 11 is 0. The highest BCUT2D eigenvalue weighted by molar-refractivity contribution is 6.14. The van der Waals surface area contributed by atoms with Crippen LogP contribution in [0.15, 0.2) is 114 Å². The number of nitrogens with zero attached hydrogens (tertiary/aromatic N) is 3. The van der Waals surface area contributed by atoms with E-state index in [1.165, 1.54) is 6.08 Å². The van der Waals surface area contributed by atoms with Crippen molar-refractivity contribution in [3.63, 3.8) is 0 Å². The van der Waals surface area contributed by atoms with Crippen LogP contribution in [0.2, 0.25) is 0 Å². The molecule has 9 heteroatoms. The Morgan fingerprint density at radius 2 is 1.64 bits per heavy atom. The Bertz CT molecular complexity index is 1530. The van der Waals surface area contributed by atoms with Crippen LogP contribution in [-0.4, -0.2) is 67.2 Å². The van der Waals surface area contributed by atoms with E-state index in [-0.39, 0.29) is 29.9 Å². The summed E-state index contributed by atoms with van der Waals surface area (Å²) in [6, 6.07) is 25.7. The third-order valence-corrected chi connectivity index (χ3v) is 7.31. The van der Waals surface area contributed by atoms with Crippen molar-refractivity contribution in [1.29, 1.82) is 0 Å². The number of rotatable bonds is 8. The van der Waals surface area contributed by atoms with E-state index in [1.807, 2.05) is 79.7 Å². The molecule has 214 valence electrons. The highest BCUT2D eigenvalue weighted by Crippen LogP contribution is 2.40. The molecule has 0 aromatic heterocycles. The summed E-state index contributed by atoms with van der Waals surface area (Å²) in [5, 5.41) is 8.87. The van der Waals surface area contributed by atoms with Gasteiger partial charge in [-0.05, 0) is 61.1 Å². The lowest BCUT2D eigenvalue weighted by atomic mass is 9.98. The summed E-state index contributed by atoms with van der Waals surface area (Å²) in [5.74, 6) is -0.173. The Hall–Kier alpha value is -5.02. The highest BCUT2D eigenvalue weighted by Gasteiger charge is 2.41. The molecule has 0 bridgehead atoms. The molecular formula is C33H34N6O3. The third-order valence-electron chi connectivity index (χ3n) is 7.31. The predicted octanol–water partition coefficient (Wildman–Crippen LogP) is 4.32. The van der Waals surface area contributed by atoms with Crippen LogP contribution in [0.5, 0.6) is 0 Å². The van der Waals surface area contributed by atoms with Crippen molar-refractivity contribution in [1.82, 2.24) is 20.4 Å². The number of carbonyl (C=O) groups is 3. The third kappa shape index (κ3) is 6.31. The lowest BCUT2D eigenvalue weighted by Crippen LogP contribution is -2.45. The number of urea groups is 1. The monoisotopic (exact) mass is 562 g/mol. The van der Waals surface area contributed by atoms with Crippen molar-refractivity contribution in [2.24, 2.45) is 4.99 Å². The molecule has 4 amide bonds. The average Bonchev–Trinajstić information content (AvgIpc) is 3.57. The van der Waals surface area contributed by atoms with Crippen molar-refractivity contribution in [3.8, 4) is 0 Å². The lowest BCUT2D eigenvalue weighted by Gasteiger charge is -2.31. The van der Waals surface area contributed by atoms with Crippen LogP contribution in [0.3, 0.4) is 0 Å². The minimum Gasteiger partial charge on any atom is -0.330 e. The van der Waals surface area contributed by atoms with Crippen molar-refractivity contribution < 1.29 is 14.4 Å². The molecule has 0 saturated heterocycles. The summed E-state index contributed by atoms with van der Waals surface area (Å²) < 4.78 is 0. The first-order valence-electron chi connectivity index (χ1n) is 13.8. The molecule has 0 spiro atoms. The number of aliphatic imine (C=N–C) groups is 1. The molecule has 3 aromatic carbocycles. The molecule has 3 N–H and O–H groups in total. The largest absolute Gasteiger partial charge is 0.330 e. The van der Waals surface area contributed by atoms with E-state index >= 15 is 0 Å². The quantitative estimate of drug-likeness (QED) is 0.356. The summed E-state index contributed by atoms with van der Waals surface area (Å²) in [5.41, 5.74) is 4.85. The van der Waals surface area contributed by atoms with Crippen molar-refractivity contribution in [2.75, 3.05) is 39.0 Å². The number of anilines is 1. The van der Waals surface area contributed by atoms with Gasteiger partial charge in [-0.1, -0.05) is 67.2 Å². The van der Waals surface area contributed by atoms with Gasteiger partial charge in [0, 0.05) is 23.4 Å². The number of hydrogen-bond acceptors (Lipinski definition) is 5. The number of nitrogens with one attached hydrogen (secondary N) is 3. The second kappa shape index (κ2) is 12.7. The summed E-state index contributed by atoms with van der Waals surface area (Å²) in [6.07, 6.45) is 1.18. The fourth-order valence-electron chi connectivity index (χ4n) is 5.30. The van der Waals surface area contributed by atoms with Gasteiger partial charge in [-0.25, -0.2) is 4.79 Å². The molecule has 0 radical (unpaired) electrons. The van der Waals surface area contributed by atoms with Gasteiger partial charge in [0.1, 0.15) is 5.84 Å². The lowest BCUT2D eigenvalue weighted by molar-refractivity contribution is -0.111. The van der Waals surface area contributed by atoms with E-state index in [2.05, 4.69) is 32.4 Å². The number of hydrogen-bond donors (Lipinski definition) is 3. The highest BCUT2D eigenvalue weighted by atomic mass is 16.2. The molecule has 2 aliphatic rings. The Kier molecular flexibility index (Phi) is 8.59. The fourth-order valence-corrected chi connectivity index (χ4v) is 5.30. The number of amides is 4. The average molecular weight is 563 g/mol. The standard InChI is InChI=1S/C33H34N6O3/c1-4-29(40)35-25-17-15-24(16-18-25)32(41)37-31-27-20-39(30(26(27)19-34-31)23-13-9-6-10-14-23)33(42)36-28(21-38(2)3)22-11-7-5-8-12-22/h4-18,28,30H,1,19-21H2,2-3H3,(H,35,40)(H,36,42)(H,34,37,41)/t28-,30+/m1/s1. The van der Waals surface area contributed by atoms with Gasteiger partial charge < -0.3 is 25.8 Å². The maximum absolute atomic E-state index is 13.9. The summed E-state index contributed by atoms with van der Waals surface area (Å²) in [6.45, 7) is 4.79. The van der Waals surface area contributed by atoms with E-state index in [1.54, 1.807) is 24.3 Å². The molecule has 42 heavy (non-hydrogen) atoms. The number of amidine groups is 1. The van der Waals surface area contributed by atoms with Gasteiger partial charge in [-0.3, -0.25) is 14.6 Å². The fraction of sp³-hybridized carbons (Fsp3) is 0.212. The first-order valence-corrected chi connectivity index (χ1v) is 13.8. The zero-order valence-corrected chi connectivity index (χ0v) is 23.7. The number of carbonyl (C=O) groups excluding carboxylic acids is 3. The van der Waals surface area contributed by atoms with Gasteiger partial charge in [0.25, 0.3) is 5.91 Å². The van der Waals surface area contributed by atoms with Gasteiger partial charge in [-0.15, -0.1) is 0 Å². The van der Waals surface area contributed by atoms with Crippen molar-refractivity contribution >= 4 is 29.4 Å². The van der Waals surface area contributed by atoms with E-state index in [0.717, 1.165) is 22.3 Å². The van der Waals surface area contributed by atoms with Crippen molar-refractivity contribution in [3.05, 3.63) is 125 Å². The smallest absolute Gasteiger partial charge is 0.319 e. The summed E-state index contributed by atoms with van der Waals surface area (Å²) in [7, 11) is 3.97. The molecule has 9 nitrogen and oxygen atoms in total. The SMILES string of the molecule is C=CC(=O)Nc1ccc(C(=O)NC2=NCC3=C2CN(C(=O)N[C@H](CN(C)C)c2ccccc2)[C@H]3c2ccccc2)cc1. The maximum atomic E-state index is 13.9. The molecule has 2 atom stereocenters. The van der Waals surface area contributed by atoms with E-state index in [4.69, 9.17) is 0 Å². The molecule has 2 aliphatic heterocycles. The molecule has 0 fully saturated rings. The van der Waals surface area contributed by atoms with Crippen LogP contribution < -0.4 is 16.0 Å². The molecule has 5 rings (SSSR count). The van der Waals surface area contributed by atoms with Gasteiger partial charge in [-0.2, -0.15) is 0 Å². The Morgan fingerprint density at radius 1 is 0.976 bits per heavy atom. The normalized spacial score (nSPS) is 16.5. The first kappa shape index (κ1) is 28.5. The minimum atomic E-state index is -0.327. The van der Waals surface area contributed by atoms with E-state index < -0.39 is 0 Å². The van der Waals surface area contributed by atoms with Gasteiger partial charge in [0.2, 0.25) is 5.91 Å². The van der Waals surface area contributed by atoms with E-state index in [9.17, 15) is 14.4 Å². The minimum absolute atomic E-state index is 0.184. The van der Waals surface area contributed by atoms with Gasteiger partial charge in [0.05, 0.1) is 25.2 Å². The molecule has 0 saturated carbocycles. The molecule has 3 aromatic rings. The van der Waals surface area contributed by atoms with Crippen molar-refractivity contribution in [2.45, 2.75) is 12.1 Å². The molecular weight excluding hydrogens is 528 g/mol. The second-order valence-electron chi connectivity index (χ2n) is 10.5. The Labute approximate surface area is 245 Å². The topological polar surface area (TPSA) is 106 Å². The van der Waals surface area contributed by atoms with Gasteiger partial charge in [0.15, 0.2) is 0 Å². The van der Waals surface area contributed by atoms with Crippen LogP contribution in [0.25, 0.3) is 0 Å². The van der Waals surface area contributed by atoms with Crippen LogP contribution in [0.4, 0.5) is 10.5 Å². The second-order valence-corrected chi connectivity index (χ2v) is 10.5. The van der Waals surface area contributed by atoms with Gasteiger partial charge >= 0.3 is 6.03 Å². The first-order chi connectivity index (χ1) is 20.3.